The predicted molar refractivity (Wildman–Crippen MR) is 103 cm³/mol. The van der Waals surface area contributed by atoms with Gasteiger partial charge in [-0.05, 0) is 54.4 Å². The van der Waals surface area contributed by atoms with Gasteiger partial charge in [0.1, 0.15) is 11.5 Å². The molecule has 1 N–H and O–H groups in total. The Balaban J connectivity index is 1.81. The Morgan fingerprint density at radius 3 is 2.04 bits per heavy atom. The van der Waals surface area contributed by atoms with Gasteiger partial charge in [-0.2, -0.15) is 0 Å². The number of ether oxygens (including phenoxy) is 3. The highest BCUT2D eigenvalue weighted by Gasteiger charge is 2.14. The third-order valence-electron chi connectivity index (χ3n) is 3.61. The molecule has 2 rings (SSSR count). The highest BCUT2D eigenvalue weighted by Crippen LogP contribution is 2.14. The fourth-order valence-corrected chi connectivity index (χ4v) is 2.14. The van der Waals surface area contributed by atoms with Gasteiger partial charge in [-0.25, -0.2) is 4.79 Å². The Kier molecular flexibility index (Phi) is 7.56. The number of carbonyl (C=O) groups is 3. The summed E-state index contributed by atoms with van der Waals surface area (Å²) in [6.07, 6.45) is 0. The second-order valence-electron chi connectivity index (χ2n) is 6.41. The first-order valence-corrected chi connectivity index (χ1v) is 8.77. The fraction of sp³-hybridized carbons (Fsp3) is 0.286. The molecular formula is C21H23NO6. The van der Waals surface area contributed by atoms with Crippen LogP contribution in [0.3, 0.4) is 0 Å². The van der Waals surface area contributed by atoms with Gasteiger partial charge < -0.3 is 14.2 Å². The number of rotatable bonds is 8. The van der Waals surface area contributed by atoms with E-state index in [4.69, 9.17) is 14.2 Å². The summed E-state index contributed by atoms with van der Waals surface area (Å²) in [5.74, 6) is -0.335. The van der Waals surface area contributed by atoms with E-state index in [1.165, 1.54) is 19.2 Å². The van der Waals surface area contributed by atoms with Crippen molar-refractivity contribution in [1.29, 1.82) is 0 Å². The molecule has 7 heteroatoms. The minimum Gasteiger partial charge on any atom is -0.497 e. The number of hydrogen-bond donors (Lipinski definition) is 1. The Morgan fingerprint density at radius 2 is 1.46 bits per heavy atom. The van der Waals surface area contributed by atoms with Crippen molar-refractivity contribution in [3.05, 3.63) is 59.7 Å². The van der Waals surface area contributed by atoms with Crippen LogP contribution in [0.2, 0.25) is 0 Å². The molecule has 0 fully saturated rings. The van der Waals surface area contributed by atoms with Crippen molar-refractivity contribution in [2.45, 2.75) is 13.8 Å². The average Bonchev–Trinajstić information content (AvgIpc) is 2.70. The lowest BCUT2D eigenvalue weighted by atomic mass is 10.2. The monoisotopic (exact) mass is 385 g/mol. The zero-order chi connectivity index (χ0) is 20.5. The van der Waals surface area contributed by atoms with Crippen molar-refractivity contribution in [1.82, 2.24) is 5.32 Å². The number of amides is 2. The molecule has 0 aliphatic rings. The van der Waals surface area contributed by atoms with Crippen molar-refractivity contribution in [3.63, 3.8) is 0 Å². The second kappa shape index (κ2) is 10.1. The average molecular weight is 385 g/mol. The summed E-state index contributed by atoms with van der Waals surface area (Å²) in [6, 6.07) is 12.7. The molecule has 0 aliphatic carbocycles. The largest absolute Gasteiger partial charge is 0.497 e. The standard InChI is InChI=1S/C21H23NO6/c1-14(2)12-27-18-10-6-16(7-11-18)21(25)28-13-19(23)22-20(24)15-4-8-17(26-3)9-5-15/h4-11,14H,12-13H2,1-3H3,(H,22,23,24). The van der Waals surface area contributed by atoms with Gasteiger partial charge in [0.2, 0.25) is 0 Å². The molecule has 0 saturated carbocycles. The van der Waals surface area contributed by atoms with E-state index in [-0.39, 0.29) is 11.1 Å². The van der Waals surface area contributed by atoms with Crippen molar-refractivity contribution in [3.8, 4) is 11.5 Å². The second-order valence-corrected chi connectivity index (χ2v) is 6.41. The van der Waals surface area contributed by atoms with E-state index in [2.05, 4.69) is 5.32 Å². The molecule has 0 aromatic heterocycles. The number of nitrogens with one attached hydrogen (secondary N) is 1. The molecule has 2 aromatic carbocycles. The van der Waals surface area contributed by atoms with Crippen molar-refractivity contribution < 1.29 is 28.6 Å². The molecule has 0 bridgehead atoms. The quantitative estimate of drug-likeness (QED) is 0.703. The fourth-order valence-electron chi connectivity index (χ4n) is 2.14. The summed E-state index contributed by atoms with van der Waals surface area (Å²) in [6.45, 7) is 4.09. The number of carbonyl (C=O) groups excluding carboxylic acids is 3. The molecule has 28 heavy (non-hydrogen) atoms. The van der Waals surface area contributed by atoms with E-state index < -0.39 is 24.4 Å². The van der Waals surface area contributed by atoms with Gasteiger partial charge in [0.25, 0.3) is 11.8 Å². The molecule has 0 heterocycles. The van der Waals surface area contributed by atoms with Crippen LogP contribution in [0.1, 0.15) is 34.6 Å². The molecule has 0 radical (unpaired) electrons. The highest BCUT2D eigenvalue weighted by atomic mass is 16.5. The number of hydrogen-bond acceptors (Lipinski definition) is 6. The Bertz CT molecular complexity index is 812. The zero-order valence-electron chi connectivity index (χ0n) is 16.1. The summed E-state index contributed by atoms with van der Waals surface area (Å²) in [5.41, 5.74) is 0.573. The SMILES string of the molecule is COc1ccc(C(=O)NC(=O)COC(=O)c2ccc(OCC(C)C)cc2)cc1. The van der Waals surface area contributed by atoms with Gasteiger partial charge in [-0.3, -0.25) is 14.9 Å². The van der Waals surface area contributed by atoms with Gasteiger partial charge >= 0.3 is 5.97 Å². The van der Waals surface area contributed by atoms with Gasteiger partial charge in [-0.1, -0.05) is 13.8 Å². The maximum absolute atomic E-state index is 12.0. The first kappa shape index (κ1) is 21.0. The lowest BCUT2D eigenvalue weighted by Gasteiger charge is -2.09. The molecular weight excluding hydrogens is 362 g/mol. The molecule has 0 aliphatic heterocycles. The van der Waals surface area contributed by atoms with E-state index in [1.54, 1.807) is 36.4 Å². The molecule has 7 nitrogen and oxygen atoms in total. The van der Waals surface area contributed by atoms with Crippen LogP contribution in [0.5, 0.6) is 11.5 Å². The van der Waals surface area contributed by atoms with Crippen LogP contribution in [-0.4, -0.2) is 38.1 Å². The third-order valence-corrected chi connectivity index (χ3v) is 3.61. The van der Waals surface area contributed by atoms with Crippen LogP contribution in [0, 0.1) is 5.92 Å². The van der Waals surface area contributed by atoms with E-state index >= 15 is 0 Å². The smallest absolute Gasteiger partial charge is 0.338 e. The molecule has 2 aromatic rings. The van der Waals surface area contributed by atoms with Crippen molar-refractivity contribution >= 4 is 17.8 Å². The van der Waals surface area contributed by atoms with Gasteiger partial charge in [0, 0.05) is 5.56 Å². The van der Waals surface area contributed by atoms with Crippen LogP contribution >= 0.6 is 0 Å². The van der Waals surface area contributed by atoms with Crippen LogP contribution in [-0.2, 0) is 9.53 Å². The molecule has 0 saturated heterocycles. The first-order chi connectivity index (χ1) is 13.4. The van der Waals surface area contributed by atoms with Crippen LogP contribution < -0.4 is 14.8 Å². The van der Waals surface area contributed by atoms with Crippen molar-refractivity contribution in [2.75, 3.05) is 20.3 Å². The molecule has 2 amide bonds. The number of imide groups is 1. The van der Waals surface area contributed by atoms with Gasteiger partial charge in [0.15, 0.2) is 6.61 Å². The molecule has 148 valence electrons. The summed E-state index contributed by atoms with van der Waals surface area (Å²) >= 11 is 0. The van der Waals surface area contributed by atoms with Crippen LogP contribution in [0.25, 0.3) is 0 Å². The number of esters is 1. The van der Waals surface area contributed by atoms with Gasteiger partial charge in [0.05, 0.1) is 19.3 Å². The zero-order valence-corrected chi connectivity index (χ0v) is 16.1. The minimum atomic E-state index is -0.717. The third kappa shape index (κ3) is 6.42. The lowest BCUT2D eigenvalue weighted by molar-refractivity contribution is -0.123. The minimum absolute atomic E-state index is 0.283. The van der Waals surface area contributed by atoms with E-state index in [0.29, 0.717) is 24.0 Å². The summed E-state index contributed by atoms with van der Waals surface area (Å²) in [4.78, 5) is 35.8. The van der Waals surface area contributed by atoms with Crippen LogP contribution in [0.4, 0.5) is 0 Å². The Labute approximate surface area is 163 Å². The predicted octanol–water partition coefficient (Wildman–Crippen LogP) is 2.84. The first-order valence-electron chi connectivity index (χ1n) is 8.77. The van der Waals surface area contributed by atoms with Crippen LogP contribution in [0.15, 0.2) is 48.5 Å². The number of methoxy groups -OCH3 is 1. The molecule has 0 unspecified atom stereocenters. The summed E-state index contributed by atoms with van der Waals surface area (Å²) < 4.78 is 15.5. The lowest BCUT2D eigenvalue weighted by Crippen LogP contribution is -2.34. The summed E-state index contributed by atoms with van der Waals surface area (Å²) in [5, 5.41) is 2.16. The normalized spacial score (nSPS) is 10.3. The van der Waals surface area contributed by atoms with E-state index in [9.17, 15) is 14.4 Å². The number of benzene rings is 2. The van der Waals surface area contributed by atoms with Crippen molar-refractivity contribution in [2.24, 2.45) is 5.92 Å². The molecule has 0 spiro atoms. The van der Waals surface area contributed by atoms with Gasteiger partial charge in [-0.15, -0.1) is 0 Å². The topological polar surface area (TPSA) is 90.9 Å². The molecule has 0 atom stereocenters. The van der Waals surface area contributed by atoms with E-state index in [1.807, 2.05) is 13.8 Å². The Hall–Kier alpha value is -3.35. The maximum atomic E-state index is 12.0. The van der Waals surface area contributed by atoms with E-state index in [0.717, 1.165) is 0 Å². The maximum Gasteiger partial charge on any atom is 0.338 e. The summed E-state index contributed by atoms with van der Waals surface area (Å²) in [7, 11) is 1.51. The Morgan fingerprint density at radius 1 is 0.893 bits per heavy atom. The highest BCUT2D eigenvalue weighted by molar-refractivity contribution is 6.05.